The zero-order valence-corrected chi connectivity index (χ0v) is 9.40. The fraction of sp³-hybridized carbons (Fsp3) is 0.875. The molecule has 0 aromatic carbocycles. The Bertz CT molecular complexity index is 213. The van der Waals surface area contributed by atoms with Gasteiger partial charge in [0.15, 0.2) is 0 Å². The van der Waals surface area contributed by atoms with Gasteiger partial charge in [-0.3, -0.25) is 4.79 Å². The smallest absolute Gasteiger partial charge is 0.383 e. The molecule has 0 aliphatic rings. The van der Waals surface area contributed by atoms with Crippen molar-refractivity contribution in [2.45, 2.75) is 12.2 Å². The predicted octanol–water partition coefficient (Wildman–Crippen LogP) is 0.935. The van der Waals surface area contributed by atoms with Gasteiger partial charge in [-0.05, 0) is 0 Å². The maximum atomic E-state index is 11.7. The summed E-state index contributed by atoms with van der Waals surface area (Å²) in [7, 11) is 1.42. The number of carbonyl (C=O) groups is 1. The summed E-state index contributed by atoms with van der Waals surface area (Å²) in [6.45, 7) is -1.92. The lowest BCUT2D eigenvalue weighted by Crippen LogP contribution is -2.41. The van der Waals surface area contributed by atoms with Crippen molar-refractivity contribution in [3.63, 3.8) is 0 Å². The van der Waals surface area contributed by atoms with Gasteiger partial charge in [0.05, 0.1) is 12.6 Å². The molecule has 1 atom stereocenters. The van der Waals surface area contributed by atoms with Gasteiger partial charge in [-0.15, -0.1) is 11.6 Å². The standard InChI is InChI=1S/C8H13ClF3NO3/c1-15-3-6(2-9)13-7(14)4-16-5-8(10,11)12/h6H,2-5H2,1H3,(H,13,14). The average molecular weight is 264 g/mol. The second-order valence-corrected chi connectivity index (χ2v) is 3.29. The van der Waals surface area contributed by atoms with Crippen LogP contribution in [0.5, 0.6) is 0 Å². The third-order valence-electron chi connectivity index (χ3n) is 1.42. The van der Waals surface area contributed by atoms with Crippen LogP contribution in [0.3, 0.4) is 0 Å². The molecule has 0 aliphatic heterocycles. The summed E-state index contributed by atoms with van der Waals surface area (Å²) in [5.41, 5.74) is 0. The quantitative estimate of drug-likeness (QED) is 0.696. The number of hydrogen-bond acceptors (Lipinski definition) is 3. The highest BCUT2D eigenvalue weighted by molar-refractivity contribution is 6.18. The average Bonchev–Trinajstić information content (AvgIpc) is 2.15. The molecule has 0 heterocycles. The molecule has 0 aromatic heterocycles. The summed E-state index contributed by atoms with van der Waals surface area (Å²) in [4.78, 5) is 11.1. The van der Waals surface area contributed by atoms with Gasteiger partial charge in [0.2, 0.25) is 5.91 Å². The molecule has 0 aliphatic carbocycles. The molecular weight excluding hydrogens is 251 g/mol. The lowest BCUT2D eigenvalue weighted by atomic mass is 10.3. The van der Waals surface area contributed by atoms with Crippen LogP contribution in [0.1, 0.15) is 0 Å². The number of halogens is 4. The monoisotopic (exact) mass is 263 g/mol. The lowest BCUT2D eigenvalue weighted by Gasteiger charge is -2.15. The van der Waals surface area contributed by atoms with E-state index in [-0.39, 0.29) is 12.5 Å². The van der Waals surface area contributed by atoms with Crippen molar-refractivity contribution < 1.29 is 27.4 Å². The summed E-state index contributed by atoms with van der Waals surface area (Å²) in [5.74, 6) is -0.550. The summed E-state index contributed by atoms with van der Waals surface area (Å²) in [5, 5.41) is 2.37. The molecule has 1 N–H and O–H groups in total. The number of amides is 1. The van der Waals surface area contributed by atoms with E-state index in [0.29, 0.717) is 0 Å². The first-order valence-corrected chi connectivity index (χ1v) is 4.91. The summed E-state index contributed by atoms with van der Waals surface area (Å²) in [6.07, 6.45) is -4.43. The van der Waals surface area contributed by atoms with E-state index < -0.39 is 31.3 Å². The maximum absolute atomic E-state index is 11.7. The number of carbonyl (C=O) groups excluding carboxylic acids is 1. The van der Waals surface area contributed by atoms with E-state index in [0.717, 1.165) is 0 Å². The van der Waals surface area contributed by atoms with Crippen LogP contribution in [-0.2, 0) is 14.3 Å². The van der Waals surface area contributed by atoms with E-state index in [1.807, 2.05) is 0 Å². The molecule has 1 unspecified atom stereocenters. The number of nitrogens with one attached hydrogen (secondary N) is 1. The maximum Gasteiger partial charge on any atom is 0.411 e. The van der Waals surface area contributed by atoms with Crippen molar-refractivity contribution >= 4 is 17.5 Å². The van der Waals surface area contributed by atoms with Gasteiger partial charge in [0, 0.05) is 13.0 Å². The normalized spacial score (nSPS) is 13.6. The van der Waals surface area contributed by atoms with Crippen LogP contribution in [0.2, 0.25) is 0 Å². The molecule has 0 rings (SSSR count). The molecule has 0 saturated heterocycles. The number of methoxy groups -OCH3 is 1. The molecule has 0 bridgehead atoms. The van der Waals surface area contributed by atoms with Crippen molar-refractivity contribution in [2.24, 2.45) is 0 Å². The molecule has 0 fully saturated rings. The van der Waals surface area contributed by atoms with Crippen LogP contribution in [0.15, 0.2) is 0 Å². The molecule has 8 heteroatoms. The van der Waals surface area contributed by atoms with Crippen molar-refractivity contribution in [3.05, 3.63) is 0 Å². The van der Waals surface area contributed by atoms with E-state index in [1.165, 1.54) is 7.11 Å². The summed E-state index contributed by atoms with van der Waals surface area (Å²) >= 11 is 5.48. The van der Waals surface area contributed by atoms with Gasteiger partial charge in [0.25, 0.3) is 0 Å². The molecule has 0 saturated carbocycles. The third kappa shape index (κ3) is 8.75. The molecule has 0 radical (unpaired) electrons. The fourth-order valence-corrected chi connectivity index (χ4v) is 1.02. The van der Waals surface area contributed by atoms with Crippen LogP contribution in [0.4, 0.5) is 13.2 Å². The topological polar surface area (TPSA) is 47.6 Å². The van der Waals surface area contributed by atoms with Gasteiger partial charge < -0.3 is 14.8 Å². The van der Waals surface area contributed by atoms with Gasteiger partial charge in [0.1, 0.15) is 13.2 Å². The van der Waals surface area contributed by atoms with E-state index >= 15 is 0 Å². The Kier molecular flexibility index (Phi) is 7.44. The molecular formula is C8H13ClF3NO3. The lowest BCUT2D eigenvalue weighted by molar-refractivity contribution is -0.175. The van der Waals surface area contributed by atoms with Gasteiger partial charge in [-0.2, -0.15) is 13.2 Å². The van der Waals surface area contributed by atoms with E-state index in [9.17, 15) is 18.0 Å². The Morgan fingerprint density at radius 3 is 2.56 bits per heavy atom. The molecule has 0 aromatic rings. The second kappa shape index (κ2) is 7.70. The Labute approximate surface area is 96.0 Å². The van der Waals surface area contributed by atoms with Crippen LogP contribution in [-0.4, -0.2) is 50.9 Å². The molecule has 0 spiro atoms. The minimum absolute atomic E-state index is 0.110. The highest BCUT2D eigenvalue weighted by atomic mass is 35.5. The first kappa shape index (κ1) is 15.5. The van der Waals surface area contributed by atoms with Gasteiger partial charge in [-0.25, -0.2) is 0 Å². The van der Waals surface area contributed by atoms with Gasteiger partial charge in [-0.1, -0.05) is 0 Å². The highest BCUT2D eigenvalue weighted by Gasteiger charge is 2.27. The SMILES string of the molecule is COCC(CCl)NC(=O)COCC(F)(F)F. The minimum atomic E-state index is -4.43. The Morgan fingerprint density at radius 2 is 2.12 bits per heavy atom. The van der Waals surface area contributed by atoms with Crippen LogP contribution < -0.4 is 5.32 Å². The van der Waals surface area contributed by atoms with Gasteiger partial charge >= 0.3 is 6.18 Å². The molecule has 1 amide bonds. The number of rotatable bonds is 7. The Balaban J connectivity index is 3.72. The highest BCUT2D eigenvalue weighted by Crippen LogP contribution is 2.13. The number of ether oxygens (including phenoxy) is 2. The van der Waals surface area contributed by atoms with E-state index in [1.54, 1.807) is 0 Å². The molecule has 16 heavy (non-hydrogen) atoms. The summed E-state index contributed by atoms with van der Waals surface area (Å²) in [6, 6.07) is -0.436. The molecule has 96 valence electrons. The van der Waals surface area contributed by atoms with Crippen molar-refractivity contribution in [1.82, 2.24) is 5.32 Å². The number of alkyl halides is 4. The zero-order valence-electron chi connectivity index (χ0n) is 8.64. The predicted molar refractivity (Wildman–Crippen MR) is 51.4 cm³/mol. The van der Waals surface area contributed by atoms with Crippen molar-refractivity contribution in [2.75, 3.05) is 32.8 Å². The largest absolute Gasteiger partial charge is 0.411 e. The number of hydrogen-bond donors (Lipinski definition) is 1. The van der Waals surface area contributed by atoms with Crippen molar-refractivity contribution in [3.8, 4) is 0 Å². The second-order valence-electron chi connectivity index (χ2n) is 2.98. The first-order chi connectivity index (χ1) is 7.39. The Morgan fingerprint density at radius 1 is 1.50 bits per heavy atom. The minimum Gasteiger partial charge on any atom is -0.383 e. The van der Waals surface area contributed by atoms with E-state index in [2.05, 4.69) is 10.1 Å². The van der Waals surface area contributed by atoms with Crippen LogP contribution in [0.25, 0.3) is 0 Å². The molecule has 4 nitrogen and oxygen atoms in total. The third-order valence-corrected chi connectivity index (χ3v) is 1.79. The Hall–Kier alpha value is -0.530. The first-order valence-electron chi connectivity index (χ1n) is 4.37. The van der Waals surface area contributed by atoms with E-state index in [4.69, 9.17) is 16.3 Å². The fourth-order valence-electron chi connectivity index (χ4n) is 0.855. The zero-order chi connectivity index (χ0) is 12.6. The van der Waals surface area contributed by atoms with Crippen LogP contribution in [0, 0.1) is 0 Å². The van der Waals surface area contributed by atoms with Crippen LogP contribution >= 0.6 is 11.6 Å². The van der Waals surface area contributed by atoms with Crippen molar-refractivity contribution in [1.29, 1.82) is 0 Å². The summed E-state index contributed by atoms with van der Waals surface area (Å²) < 4.78 is 43.9.